The zero-order chi connectivity index (χ0) is 6.69. The van der Waals surface area contributed by atoms with Crippen molar-refractivity contribution in [1.82, 2.24) is 4.98 Å². The lowest BCUT2D eigenvalue weighted by Crippen LogP contribution is -1.97. The van der Waals surface area contributed by atoms with Crippen molar-refractivity contribution >= 4 is 5.71 Å². The molecular formula is C6H9N3. The van der Waals surface area contributed by atoms with E-state index in [0.717, 1.165) is 11.4 Å². The van der Waals surface area contributed by atoms with E-state index in [1.54, 1.807) is 0 Å². The predicted octanol–water partition coefficient (Wildman–Crippen LogP) is 0.697. The molecular weight excluding hydrogens is 114 g/mol. The fraction of sp³-hybridized carbons (Fsp3) is 0.167. The molecule has 0 aromatic carbocycles. The van der Waals surface area contributed by atoms with Crippen LogP contribution in [0.2, 0.25) is 0 Å². The van der Waals surface area contributed by atoms with Crippen LogP contribution in [0.3, 0.4) is 0 Å². The highest BCUT2D eigenvalue weighted by Gasteiger charge is 1.92. The molecule has 0 atom stereocenters. The van der Waals surface area contributed by atoms with Crippen molar-refractivity contribution in [2.75, 3.05) is 0 Å². The number of rotatable bonds is 1. The minimum Gasteiger partial charge on any atom is -0.360 e. The van der Waals surface area contributed by atoms with Crippen LogP contribution >= 0.6 is 0 Å². The Balaban J connectivity index is 2.90. The van der Waals surface area contributed by atoms with E-state index in [4.69, 9.17) is 5.84 Å². The van der Waals surface area contributed by atoms with Crippen LogP contribution in [0.1, 0.15) is 12.6 Å². The Morgan fingerprint density at radius 2 is 2.56 bits per heavy atom. The van der Waals surface area contributed by atoms with Crippen LogP contribution in [0.15, 0.2) is 23.4 Å². The fourth-order valence-electron chi connectivity index (χ4n) is 0.625. The van der Waals surface area contributed by atoms with Gasteiger partial charge in [0.1, 0.15) is 0 Å². The Hall–Kier alpha value is -1.25. The first-order valence-corrected chi connectivity index (χ1v) is 2.73. The molecule has 0 saturated carbocycles. The van der Waals surface area contributed by atoms with E-state index in [1.165, 1.54) is 0 Å². The fourth-order valence-corrected chi connectivity index (χ4v) is 0.625. The maximum absolute atomic E-state index is 5.03. The number of hydrazone groups is 1. The Kier molecular flexibility index (Phi) is 1.53. The normalized spacial score (nSPS) is 11.9. The number of nitrogens with two attached hydrogens (primary N) is 1. The summed E-state index contributed by atoms with van der Waals surface area (Å²) in [4.78, 5) is 2.98. The van der Waals surface area contributed by atoms with Crippen molar-refractivity contribution in [3.8, 4) is 0 Å². The first-order chi connectivity index (χ1) is 4.34. The molecule has 0 bridgehead atoms. The molecule has 0 fully saturated rings. The van der Waals surface area contributed by atoms with E-state index in [9.17, 15) is 0 Å². The SMILES string of the molecule is C/C(=N\N)c1ccc[nH]1. The van der Waals surface area contributed by atoms with E-state index in [-0.39, 0.29) is 0 Å². The Labute approximate surface area is 53.6 Å². The molecule has 0 aliphatic carbocycles. The summed E-state index contributed by atoms with van der Waals surface area (Å²) in [7, 11) is 0. The molecule has 3 heteroatoms. The summed E-state index contributed by atoms with van der Waals surface area (Å²) in [5.74, 6) is 5.03. The van der Waals surface area contributed by atoms with E-state index >= 15 is 0 Å². The molecule has 1 aromatic rings. The van der Waals surface area contributed by atoms with Crippen molar-refractivity contribution in [2.24, 2.45) is 10.9 Å². The molecule has 9 heavy (non-hydrogen) atoms. The second-order valence-corrected chi connectivity index (χ2v) is 1.80. The van der Waals surface area contributed by atoms with Gasteiger partial charge in [0.05, 0.1) is 11.4 Å². The summed E-state index contributed by atoms with van der Waals surface area (Å²) in [5.41, 5.74) is 1.79. The zero-order valence-corrected chi connectivity index (χ0v) is 5.26. The molecule has 0 saturated heterocycles. The number of aromatic nitrogens is 1. The third-order valence-corrected chi connectivity index (χ3v) is 1.18. The average Bonchev–Trinajstić information content (AvgIpc) is 2.37. The minimum absolute atomic E-state index is 0.819. The van der Waals surface area contributed by atoms with Gasteiger partial charge >= 0.3 is 0 Å². The molecule has 0 unspecified atom stereocenters. The van der Waals surface area contributed by atoms with Gasteiger partial charge < -0.3 is 10.8 Å². The van der Waals surface area contributed by atoms with Gasteiger partial charge in [-0.25, -0.2) is 0 Å². The Morgan fingerprint density at radius 3 is 3.00 bits per heavy atom. The largest absolute Gasteiger partial charge is 0.360 e. The van der Waals surface area contributed by atoms with Crippen LogP contribution in [0, 0.1) is 0 Å². The average molecular weight is 123 g/mol. The molecule has 3 nitrogen and oxygen atoms in total. The lowest BCUT2D eigenvalue weighted by molar-refractivity contribution is 1.22. The predicted molar refractivity (Wildman–Crippen MR) is 37.2 cm³/mol. The highest BCUT2D eigenvalue weighted by Crippen LogP contribution is 1.94. The molecule has 0 amide bonds. The van der Waals surface area contributed by atoms with E-state index in [0.29, 0.717) is 0 Å². The quantitative estimate of drug-likeness (QED) is 0.322. The monoisotopic (exact) mass is 123 g/mol. The maximum Gasteiger partial charge on any atom is 0.0803 e. The van der Waals surface area contributed by atoms with Gasteiger partial charge in [0.15, 0.2) is 0 Å². The van der Waals surface area contributed by atoms with Crippen LogP contribution in [0.25, 0.3) is 0 Å². The van der Waals surface area contributed by atoms with Gasteiger partial charge in [-0.3, -0.25) is 0 Å². The molecule has 3 N–H and O–H groups in total. The molecule has 0 aliphatic heterocycles. The van der Waals surface area contributed by atoms with Crippen LogP contribution in [-0.4, -0.2) is 10.7 Å². The zero-order valence-electron chi connectivity index (χ0n) is 5.26. The summed E-state index contributed by atoms with van der Waals surface area (Å²) in [6.07, 6.45) is 1.84. The highest BCUT2D eigenvalue weighted by atomic mass is 15.1. The lowest BCUT2D eigenvalue weighted by atomic mass is 10.3. The van der Waals surface area contributed by atoms with Crippen molar-refractivity contribution in [2.45, 2.75) is 6.92 Å². The van der Waals surface area contributed by atoms with Crippen LogP contribution in [0.5, 0.6) is 0 Å². The van der Waals surface area contributed by atoms with E-state index in [1.807, 2.05) is 25.3 Å². The molecule has 0 aliphatic rings. The van der Waals surface area contributed by atoms with Crippen LogP contribution < -0.4 is 5.84 Å². The molecule has 1 heterocycles. The standard InChI is InChI=1S/C6H9N3/c1-5(9-7)6-3-2-4-8-6/h2-4,8H,7H2,1H3/b9-5+. The number of nitrogens with one attached hydrogen (secondary N) is 1. The van der Waals surface area contributed by atoms with Gasteiger partial charge in [-0.1, -0.05) is 0 Å². The summed E-state index contributed by atoms with van der Waals surface area (Å²) in [5, 5.41) is 3.52. The number of nitrogens with zero attached hydrogens (tertiary/aromatic N) is 1. The molecule has 0 spiro atoms. The number of hydrogen-bond acceptors (Lipinski definition) is 2. The van der Waals surface area contributed by atoms with Crippen LogP contribution in [-0.2, 0) is 0 Å². The van der Waals surface area contributed by atoms with Gasteiger partial charge in [0.25, 0.3) is 0 Å². The van der Waals surface area contributed by atoms with Gasteiger partial charge in [-0.15, -0.1) is 0 Å². The smallest absolute Gasteiger partial charge is 0.0803 e. The van der Waals surface area contributed by atoms with Gasteiger partial charge in [-0.05, 0) is 19.1 Å². The van der Waals surface area contributed by atoms with E-state index < -0.39 is 0 Å². The molecule has 1 aromatic heterocycles. The lowest BCUT2D eigenvalue weighted by Gasteiger charge is -1.89. The second kappa shape index (κ2) is 2.35. The summed E-state index contributed by atoms with van der Waals surface area (Å²) >= 11 is 0. The third-order valence-electron chi connectivity index (χ3n) is 1.18. The number of hydrogen-bond donors (Lipinski definition) is 2. The van der Waals surface area contributed by atoms with Crippen molar-refractivity contribution < 1.29 is 0 Å². The van der Waals surface area contributed by atoms with Crippen molar-refractivity contribution in [3.63, 3.8) is 0 Å². The first-order valence-electron chi connectivity index (χ1n) is 2.73. The number of H-pyrrole nitrogens is 1. The number of aromatic amines is 1. The van der Waals surface area contributed by atoms with E-state index in [2.05, 4.69) is 10.1 Å². The molecule has 1 rings (SSSR count). The first kappa shape index (κ1) is 5.88. The van der Waals surface area contributed by atoms with Gasteiger partial charge in [0.2, 0.25) is 0 Å². The second-order valence-electron chi connectivity index (χ2n) is 1.80. The van der Waals surface area contributed by atoms with Gasteiger partial charge in [-0.2, -0.15) is 5.10 Å². The summed E-state index contributed by atoms with van der Waals surface area (Å²) < 4.78 is 0. The Morgan fingerprint density at radius 1 is 1.78 bits per heavy atom. The molecule has 48 valence electrons. The van der Waals surface area contributed by atoms with Gasteiger partial charge in [0, 0.05) is 6.20 Å². The van der Waals surface area contributed by atoms with Crippen LogP contribution in [0.4, 0.5) is 0 Å². The third kappa shape index (κ3) is 1.10. The summed E-state index contributed by atoms with van der Waals surface area (Å²) in [6, 6.07) is 3.83. The Bertz CT molecular complexity index is 198. The molecule has 0 radical (unpaired) electrons. The minimum atomic E-state index is 0.819. The van der Waals surface area contributed by atoms with Crippen molar-refractivity contribution in [3.05, 3.63) is 24.0 Å². The maximum atomic E-state index is 5.03. The van der Waals surface area contributed by atoms with Crippen molar-refractivity contribution in [1.29, 1.82) is 0 Å². The highest BCUT2D eigenvalue weighted by molar-refractivity contribution is 5.96. The summed E-state index contributed by atoms with van der Waals surface area (Å²) in [6.45, 7) is 1.85. The topological polar surface area (TPSA) is 54.2 Å².